The van der Waals surface area contributed by atoms with E-state index in [-0.39, 0.29) is 12.5 Å². The third-order valence-electron chi connectivity index (χ3n) is 10.7. The van der Waals surface area contributed by atoms with Gasteiger partial charge in [0.15, 0.2) is 0 Å². The number of unbranched alkanes of at least 4 members (excludes halogenated alkanes) is 26. The third kappa shape index (κ3) is 43.0. The zero-order valence-corrected chi connectivity index (χ0v) is 37.1. The lowest BCUT2D eigenvalue weighted by atomic mass is 10.0. The van der Waals surface area contributed by atoms with Crippen LogP contribution in [-0.2, 0) is 4.79 Å². The first-order valence-electron chi connectivity index (χ1n) is 24.2. The van der Waals surface area contributed by atoms with Crippen molar-refractivity contribution in [1.82, 2.24) is 5.32 Å². The third-order valence-corrected chi connectivity index (χ3v) is 10.7. The van der Waals surface area contributed by atoms with Crippen molar-refractivity contribution < 1.29 is 15.0 Å². The Morgan fingerprint density at radius 1 is 0.446 bits per heavy atom. The van der Waals surface area contributed by atoms with Gasteiger partial charge in [-0.2, -0.15) is 0 Å². The molecular formula is C52H93NO3. The Bertz CT molecular complexity index is 977. The lowest BCUT2D eigenvalue weighted by molar-refractivity contribution is -0.123. The Labute approximate surface area is 349 Å². The maximum absolute atomic E-state index is 12.4. The number of aliphatic hydroxyl groups excluding tert-OH is 2. The molecule has 0 aliphatic rings. The van der Waals surface area contributed by atoms with Gasteiger partial charge in [-0.1, -0.05) is 234 Å². The van der Waals surface area contributed by atoms with Crippen LogP contribution in [0.4, 0.5) is 0 Å². The zero-order chi connectivity index (χ0) is 40.7. The van der Waals surface area contributed by atoms with Crippen LogP contribution in [0.15, 0.2) is 72.9 Å². The lowest BCUT2D eigenvalue weighted by Gasteiger charge is -2.20. The number of allylic oxidation sites excluding steroid dienone is 11. The SMILES string of the molecule is CC/C=C\C/C=C\C/C=C\C/C=C\C/C=C\CCCCCCCCCC(=O)NC(CO)C(O)/C=C/CCCCCCCCCCCCCCCCCCCCC. The van der Waals surface area contributed by atoms with Crippen molar-refractivity contribution in [3.8, 4) is 0 Å². The molecule has 0 aliphatic heterocycles. The first-order chi connectivity index (χ1) is 27.7. The molecule has 0 fully saturated rings. The average molecular weight is 780 g/mol. The lowest BCUT2D eigenvalue weighted by Crippen LogP contribution is -2.45. The van der Waals surface area contributed by atoms with E-state index in [0.717, 1.165) is 70.6 Å². The predicted molar refractivity (Wildman–Crippen MR) is 248 cm³/mol. The number of aliphatic hydroxyl groups is 2. The number of amides is 1. The van der Waals surface area contributed by atoms with Crippen molar-refractivity contribution in [2.45, 2.75) is 244 Å². The van der Waals surface area contributed by atoms with Gasteiger partial charge in [0.25, 0.3) is 0 Å². The van der Waals surface area contributed by atoms with Gasteiger partial charge in [0.1, 0.15) is 0 Å². The molecule has 4 nitrogen and oxygen atoms in total. The van der Waals surface area contributed by atoms with Gasteiger partial charge in [0, 0.05) is 6.42 Å². The molecule has 0 saturated carbocycles. The Hall–Kier alpha value is -2.17. The van der Waals surface area contributed by atoms with E-state index in [4.69, 9.17) is 0 Å². The molecule has 0 aromatic carbocycles. The van der Waals surface area contributed by atoms with Crippen LogP contribution in [0, 0.1) is 0 Å². The summed E-state index contributed by atoms with van der Waals surface area (Å²) in [5.74, 6) is -0.0765. The number of carbonyl (C=O) groups excluding carboxylic acids is 1. The maximum atomic E-state index is 12.4. The van der Waals surface area contributed by atoms with Gasteiger partial charge in [-0.25, -0.2) is 0 Å². The van der Waals surface area contributed by atoms with Gasteiger partial charge < -0.3 is 15.5 Å². The summed E-state index contributed by atoms with van der Waals surface area (Å²) in [4.78, 5) is 12.4. The minimum atomic E-state index is -0.848. The number of hydrogen-bond donors (Lipinski definition) is 3. The van der Waals surface area contributed by atoms with Crippen LogP contribution in [-0.4, -0.2) is 34.9 Å². The molecular weight excluding hydrogens is 687 g/mol. The van der Waals surface area contributed by atoms with E-state index in [1.807, 2.05) is 6.08 Å². The van der Waals surface area contributed by atoms with Gasteiger partial charge >= 0.3 is 0 Å². The van der Waals surface area contributed by atoms with Crippen LogP contribution in [0.2, 0.25) is 0 Å². The Kier molecular flexibility index (Phi) is 45.4. The van der Waals surface area contributed by atoms with Crippen molar-refractivity contribution in [1.29, 1.82) is 0 Å². The first-order valence-corrected chi connectivity index (χ1v) is 24.2. The molecule has 0 aromatic heterocycles. The summed E-state index contributed by atoms with van der Waals surface area (Å²) in [5, 5.41) is 23.1. The largest absolute Gasteiger partial charge is 0.394 e. The van der Waals surface area contributed by atoms with E-state index in [0.29, 0.717) is 6.42 Å². The second-order valence-corrected chi connectivity index (χ2v) is 16.1. The highest BCUT2D eigenvalue weighted by Crippen LogP contribution is 2.15. The summed E-state index contributed by atoms with van der Waals surface area (Å²) in [6.45, 7) is 4.20. The predicted octanol–water partition coefficient (Wildman–Crippen LogP) is 15.5. The Morgan fingerprint density at radius 2 is 0.786 bits per heavy atom. The summed E-state index contributed by atoms with van der Waals surface area (Å²) in [6, 6.07) is -0.633. The first kappa shape index (κ1) is 53.8. The van der Waals surface area contributed by atoms with Crippen LogP contribution in [0.5, 0.6) is 0 Å². The molecule has 0 bridgehead atoms. The average Bonchev–Trinajstić information content (AvgIpc) is 3.20. The summed E-state index contributed by atoms with van der Waals surface area (Å²) < 4.78 is 0. The second-order valence-electron chi connectivity index (χ2n) is 16.1. The molecule has 0 radical (unpaired) electrons. The number of rotatable bonds is 43. The molecule has 1 amide bonds. The molecule has 0 aromatic rings. The van der Waals surface area contributed by atoms with Crippen LogP contribution in [0.3, 0.4) is 0 Å². The zero-order valence-electron chi connectivity index (χ0n) is 37.1. The van der Waals surface area contributed by atoms with Crippen molar-refractivity contribution in [2.75, 3.05) is 6.61 Å². The van der Waals surface area contributed by atoms with Gasteiger partial charge in [-0.15, -0.1) is 0 Å². The molecule has 4 heteroatoms. The quantitative estimate of drug-likeness (QED) is 0.0426. The van der Waals surface area contributed by atoms with E-state index >= 15 is 0 Å². The molecule has 3 N–H and O–H groups in total. The summed E-state index contributed by atoms with van der Waals surface area (Å²) in [7, 11) is 0. The topological polar surface area (TPSA) is 69.6 Å². The molecule has 2 atom stereocenters. The number of hydrogen-bond acceptors (Lipinski definition) is 3. The minimum Gasteiger partial charge on any atom is -0.394 e. The van der Waals surface area contributed by atoms with Crippen molar-refractivity contribution in [3.63, 3.8) is 0 Å². The molecule has 0 heterocycles. The van der Waals surface area contributed by atoms with Gasteiger partial charge in [0.05, 0.1) is 18.8 Å². The van der Waals surface area contributed by atoms with E-state index in [9.17, 15) is 15.0 Å². The van der Waals surface area contributed by atoms with Gasteiger partial charge in [-0.05, 0) is 64.2 Å². The Balaban J connectivity index is 3.60. The van der Waals surface area contributed by atoms with Crippen LogP contribution in [0.1, 0.15) is 232 Å². The van der Waals surface area contributed by atoms with Crippen LogP contribution in [0.25, 0.3) is 0 Å². The fourth-order valence-corrected chi connectivity index (χ4v) is 7.03. The smallest absolute Gasteiger partial charge is 0.220 e. The van der Waals surface area contributed by atoms with Crippen molar-refractivity contribution in [2.24, 2.45) is 0 Å². The summed E-state index contributed by atoms with van der Waals surface area (Å²) in [6.07, 6.45) is 67.3. The summed E-state index contributed by atoms with van der Waals surface area (Å²) >= 11 is 0. The minimum absolute atomic E-state index is 0.0765. The van der Waals surface area contributed by atoms with E-state index in [1.165, 1.54) is 141 Å². The highest BCUT2D eigenvalue weighted by atomic mass is 16.3. The van der Waals surface area contributed by atoms with Crippen molar-refractivity contribution in [3.05, 3.63) is 72.9 Å². The van der Waals surface area contributed by atoms with Gasteiger partial charge in [-0.3, -0.25) is 4.79 Å². The molecule has 0 spiro atoms. The maximum Gasteiger partial charge on any atom is 0.220 e. The Morgan fingerprint density at radius 3 is 1.18 bits per heavy atom. The molecule has 0 rings (SSSR count). The van der Waals surface area contributed by atoms with Crippen molar-refractivity contribution >= 4 is 5.91 Å². The molecule has 0 aliphatic carbocycles. The highest BCUT2D eigenvalue weighted by Gasteiger charge is 2.17. The summed E-state index contributed by atoms with van der Waals surface area (Å²) in [5.41, 5.74) is 0. The number of carbonyl (C=O) groups is 1. The van der Waals surface area contributed by atoms with Crippen LogP contribution >= 0.6 is 0 Å². The van der Waals surface area contributed by atoms with E-state index < -0.39 is 12.1 Å². The fraction of sp³-hybridized carbons (Fsp3) is 0.750. The van der Waals surface area contributed by atoms with E-state index in [1.54, 1.807) is 6.08 Å². The molecule has 2 unspecified atom stereocenters. The van der Waals surface area contributed by atoms with E-state index in [2.05, 4.69) is 79.9 Å². The normalized spacial score (nSPS) is 13.6. The van der Waals surface area contributed by atoms with Crippen LogP contribution < -0.4 is 5.32 Å². The van der Waals surface area contributed by atoms with Gasteiger partial charge in [0.2, 0.25) is 5.91 Å². The second kappa shape index (κ2) is 47.2. The number of nitrogens with one attached hydrogen (secondary N) is 1. The monoisotopic (exact) mass is 780 g/mol. The molecule has 324 valence electrons. The molecule has 0 saturated heterocycles. The standard InChI is InChI=1S/C52H93NO3/c1-3-5-7-9-11-13-15-17-19-21-23-25-26-28-30-32-34-36-38-40-42-44-46-48-52(56)53-50(49-54)51(55)47-45-43-41-39-37-35-33-31-29-27-24-22-20-18-16-14-12-10-8-6-4-2/h5,7,11,13,17,19,23,25,28,30,45,47,50-51,54-55H,3-4,6,8-10,12,14-16,18,20-22,24,26-27,29,31-44,46,48-49H2,1-2H3,(H,53,56)/b7-5-,13-11-,19-17-,25-23-,30-28-,47-45+. The molecule has 56 heavy (non-hydrogen) atoms. The fourth-order valence-electron chi connectivity index (χ4n) is 7.03. The highest BCUT2D eigenvalue weighted by molar-refractivity contribution is 5.76.